The van der Waals surface area contributed by atoms with Crippen molar-refractivity contribution in [3.05, 3.63) is 17.4 Å². The third-order valence-corrected chi connectivity index (χ3v) is 2.33. The van der Waals surface area contributed by atoms with Crippen molar-refractivity contribution < 1.29 is 19.4 Å². The highest BCUT2D eigenvalue weighted by atomic mass is 35.5. The molecule has 0 saturated heterocycles. The van der Waals surface area contributed by atoms with E-state index in [-0.39, 0.29) is 11.7 Å². The van der Waals surface area contributed by atoms with Crippen LogP contribution in [-0.2, 0) is 16.1 Å². The van der Waals surface area contributed by atoms with Crippen molar-refractivity contribution in [3.8, 4) is 0 Å². The summed E-state index contributed by atoms with van der Waals surface area (Å²) in [5.74, 6) is -1.20. The molecule has 1 aromatic rings. The number of nitrogens with zero attached hydrogens (tertiary/aromatic N) is 2. The summed E-state index contributed by atoms with van der Waals surface area (Å²) in [4.78, 5) is 22.6. The lowest BCUT2D eigenvalue weighted by Gasteiger charge is -2.22. The monoisotopic (exact) mass is 289 g/mol. The van der Waals surface area contributed by atoms with Gasteiger partial charge in [0.2, 0.25) is 0 Å². The average Bonchev–Trinajstić information content (AvgIpc) is 2.60. The molecule has 0 fully saturated rings. The largest absolute Gasteiger partial charge is 0.480 e. The van der Waals surface area contributed by atoms with Crippen LogP contribution in [0.4, 0.5) is 4.79 Å². The minimum Gasteiger partial charge on any atom is -0.480 e. The van der Waals surface area contributed by atoms with Gasteiger partial charge in [-0.15, -0.1) is 0 Å². The molecule has 0 unspecified atom stereocenters. The van der Waals surface area contributed by atoms with E-state index in [4.69, 9.17) is 21.4 Å². The topological polar surface area (TPSA) is 93.5 Å². The van der Waals surface area contributed by atoms with Gasteiger partial charge in [-0.25, -0.2) is 9.59 Å². The Kier molecular flexibility index (Phi) is 4.77. The zero-order chi connectivity index (χ0) is 14.6. The van der Waals surface area contributed by atoms with Gasteiger partial charge in [-0.3, -0.25) is 4.68 Å². The van der Waals surface area contributed by atoms with Crippen LogP contribution in [0.1, 0.15) is 20.8 Å². The molecular weight excluding hydrogens is 274 g/mol. The number of nitrogens with one attached hydrogen (secondary N) is 1. The molecule has 0 saturated carbocycles. The van der Waals surface area contributed by atoms with Gasteiger partial charge < -0.3 is 15.2 Å². The second-order valence-electron chi connectivity index (χ2n) is 4.87. The van der Waals surface area contributed by atoms with E-state index in [1.54, 1.807) is 20.8 Å². The lowest BCUT2D eigenvalue weighted by molar-refractivity contribution is -0.139. The van der Waals surface area contributed by atoms with Gasteiger partial charge in [0.1, 0.15) is 16.8 Å². The van der Waals surface area contributed by atoms with Crippen LogP contribution in [0, 0.1) is 0 Å². The number of ether oxygens (including phenoxy) is 1. The first-order valence-electron chi connectivity index (χ1n) is 5.58. The van der Waals surface area contributed by atoms with E-state index >= 15 is 0 Å². The Morgan fingerprint density at radius 3 is 2.63 bits per heavy atom. The summed E-state index contributed by atoms with van der Waals surface area (Å²) in [7, 11) is 0. The number of hydrogen-bond acceptors (Lipinski definition) is 4. The molecular formula is C11H16ClN3O4. The highest BCUT2D eigenvalue weighted by Gasteiger charge is 2.25. The molecule has 0 aliphatic heterocycles. The molecule has 7 nitrogen and oxygen atoms in total. The van der Waals surface area contributed by atoms with Crippen LogP contribution in [0.5, 0.6) is 0 Å². The van der Waals surface area contributed by atoms with Crippen molar-refractivity contribution in [3.63, 3.8) is 0 Å². The van der Waals surface area contributed by atoms with Gasteiger partial charge in [0.05, 0.1) is 12.7 Å². The molecule has 0 bridgehead atoms. The summed E-state index contributed by atoms with van der Waals surface area (Å²) in [6.45, 7) is 4.98. The standard InChI is InChI=1S/C11H16ClN3O4/c1-11(2,3)19-10(18)14-7(9(16)17)6-15-8(12)4-5-13-15/h4-5,7H,6H2,1-3H3,(H,14,18)(H,16,17)/t7-/m1/s1. The smallest absolute Gasteiger partial charge is 0.408 e. The van der Waals surface area contributed by atoms with Gasteiger partial charge in [0, 0.05) is 0 Å². The van der Waals surface area contributed by atoms with Gasteiger partial charge in [0.15, 0.2) is 0 Å². The fourth-order valence-electron chi connectivity index (χ4n) is 1.26. The fraction of sp³-hybridized carbons (Fsp3) is 0.545. The zero-order valence-electron chi connectivity index (χ0n) is 10.9. The normalized spacial score (nSPS) is 12.8. The molecule has 106 valence electrons. The number of carbonyl (C=O) groups is 2. The lowest BCUT2D eigenvalue weighted by atomic mass is 10.2. The molecule has 1 aromatic heterocycles. The molecule has 0 aromatic carbocycles. The minimum absolute atomic E-state index is 0.0829. The number of carbonyl (C=O) groups excluding carboxylic acids is 1. The van der Waals surface area contributed by atoms with Crippen LogP contribution in [0.25, 0.3) is 0 Å². The van der Waals surface area contributed by atoms with Crippen molar-refractivity contribution in [1.29, 1.82) is 0 Å². The molecule has 1 rings (SSSR count). The third kappa shape index (κ3) is 5.17. The number of halogens is 1. The Labute approximate surface area is 115 Å². The quantitative estimate of drug-likeness (QED) is 0.876. The van der Waals surface area contributed by atoms with Crippen molar-refractivity contribution in [1.82, 2.24) is 15.1 Å². The maximum atomic E-state index is 11.5. The molecule has 0 aliphatic carbocycles. The number of hydrogen-bond donors (Lipinski definition) is 2. The van der Waals surface area contributed by atoms with E-state index in [9.17, 15) is 9.59 Å². The van der Waals surface area contributed by atoms with Crippen LogP contribution in [0.3, 0.4) is 0 Å². The molecule has 0 spiro atoms. The average molecular weight is 290 g/mol. The predicted molar refractivity (Wildman–Crippen MR) is 68.0 cm³/mol. The summed E-state index contributed by atoms with van der Waals surface area (Å²) >= 11 is 5.80. The minimum atomic E-state index is -1.20. The number of aliphatic carboxylic acids is 1. The molecule has 19 heavy (non-hydrogen) atoms. The van der Waals surface area contributed by atoms with Gasteiger partial charge in [-0.05, 0) is 26.8 Å². The Morgan fingerprint density at radius 2 is 2.21 bits per heavy atom. The van der Waals surface area contributed by atoms with E-state index in [0.717, 1.165) is 0 Å². The highest BCUT2D eigenvalue weighted by Crippen LogP contribution is 2.09. The summed E-state index contributed by atoms with van der Waals surface area (Å²) < 4.78 is 6.27. The van der Waals surface area contributed by atoms with E-state index in [1.807, 2.05) is 0 Å². The van der Waals surface area contributed by atoms with Crippen LogP contribution in [0.15, 0.2) is 12.3 Å². The number of carboxylic acids is 1. The van der Waals surface area contributed by atoms with Crippen molar-refractivity contribution in [2.45, 2.75) is 39.0 Å². The maximum absolute atomic E-state index is 11.5. The van der Waals surface area contributed by atoms with Gasteiger partial charge in [-0.1, -0.05) is 11.6 Å². The first-order valence-corrected chi connectivity index (χ1v) is 5.96. The first kappa shape index (κ1) is 15.3. The first-order chi connectivity index (χ1) is 8.69. The summed E-state index contributed by atoms with van der Waals surface area (Å²) in [6, 6.07) is 0.348. The van der Waals surface area contributed by atoms with E-state index in [1.165, 1.54) is 16.9 Å². The van der Waals surface area contributed by atoms with Crippen LogP contribution >= 0.6 is 11.6 Å². The van der Waals surface area contributed by atoms with E-state index < -0.39 is 23.7 Å². The van der Waals surface area contributed by atoms with Crippen molar-refractivity contribution in [2.75, 3.05) is 0 Å². The maximum Gasteiger partial charge on any atom is 0.408 e. The Bertz CT molecular complexity index is 467. The molecule has 8 heteroatoms. The summed E-state index contributed by atoms with van der Waals surface area (Å²) in [5.41, 5.74) is -0.698. The van der Waals surface area contributed by atoms with Crippen LogP contribution in [-0.4, -0.2) is 38.6 Å². The summed E-state index contributed by atoms with van der Waals surface area (Å²) in [5, 5.41) is 15.5. The van der Waals surface area contributed by atoms with E-state index in [0.29, 0.717) is 0 Å². The SMILES string of the molecule is CC(C)(C)OC(=O)N[C@H](Cn1nccc1Cl)C(=O)O. The number of rotatable bonds is 4. The predicted octanol–water partition coefficient (Wildman–Crippen LogP) is 1.51. The van der Waals surface area contributed by atoms with Crippen molar-refractivity contribution in [2.24, 2.45) is 0 Å². The number of carboxylic acid groups (broad SMARTS) is 1. The number of amides is 1. The summed E-state index contributed by atoms with van der Waals surface area (Å²) in [6.07, 6.45) is 0.637. The van der Waals surface area contributed by atoms with Gasteiger partial charge in [-0.2, -0.15) is 5.10 Å². The Hall–Kier alpha value is -1.76. The Balaban J connectivity index is 2.67. The molecule has 1 heterocycles. The number of aromatic nitrogens is 2. The zero-order valence-corrected chi connectivity index (χ0v) is 11.6. The molecule has 0 aliphatic rings. The molecule has 1 atom stereocenters. The molecule has 0 radical (unpaired) electrons. The second kappa shape index (κ2) is 5.92. The third-order valence-electron chi connectivity index (χ3n) is 2.01. The van der Waals surface area contributed by atoms with Crippen molar-refractivity contribution >= 4 is 23.7 Å². The van der Waals surface area contributed by atoms with Gasteiger partial charge in [0.25, 0.3) is 0 Å². The molecule has 2 N–H and O–H groups in total. The lowest BCUT2D eigenvalue weighted by Crippen LogP contribution is -2.45. The van der Waals surface area contributed by atoms with Gasteiger partial charge >= 0.3 is 12.1 Å². The van der Waals surface area contributed by atoms with Crippen LogP contribution in [0.2, 0.25) is 5.15 Å². The second-order valence-corrected chi connectivity index (χ2v) is 5.26. The van der Waals surface area contributed by atoms with E-state index in [2.05, 4.69) is 10.4 Å². The van der Waals surface area contributed by atoms with Crippen LogP contribution < -0.4 is 5.32 Å². The fourth-order valence-corrected chi connectivity index (χ4v) is 1.43. The molecule has 1 amide bonds. The highest BCUT2D eigenvalue weighted by molar-refractivity contribution is 6.29. The Morgan fingerprint density at radius 1 is 1.58 bits per heavy atom. The number of alkyl carbamates (subject to hydrolysis) is 1.